The maximum absolute atomic E-state index is 13.9. The van der Waals surface area contributed by atoms with Crippen molar-refractivity contribution in [2.45, 2.75) is 119 Å². The van der Waals surface area contributed by atoms with Crippen LogP contribution in [0.3, 0.4) is 0 Å². The molecule has 2 saturated heterocycles. The van der Waals surface area contributed by atoms with Gasteiger partial charge in [0.1, 0.15) is 11.5 Å². The Morgan fingerprint density at radius 3 is 2.22 bits per heavy atom. The molecule has 4 aliphatic rings. The molecule has 2 saturated carbocycles. The molecule has 5 heteroatoms. The first-order chi connectivity index (χ1) is 18.2. The Bertz CT molecular complexity index is 824. The van der Waals surface area contributed by atoms with Gasteiger partial charge >= 0.3 is 0 Å². The zero-order valence-electron chi connectivity index (χ0n) is 23.0. The van der Waals surface area contributed by atoms with Crippen molar-refractivity contribution >= 4 is 35.1 Å². The first kappa shape index (κ1) is 27.9. The van der Waals surface area contributed by atoms with Crippen LogP contribution in [0.5, 0.6) is 0 Å². The first-order valence-electron chi connectivity index (χ1n) is 15.4. The van der Waals surface area contributed by atoms with E-state index in [4.69, 9.17) is 4.74 Å². The van der Waals surface area contributed by atoms with Gasteiger partial charge in [-0.3, -0.25) is 4.79 Å². The molecule has 2 aliphatic carbocycles. The van der Waals surface area contributed by atoms with E-state index in [1.807, 2.05) is 11.8 Å². The third-order valence-corrected chi connectivity index (χ3v) is 12.8. The normalized spacial score (nSPS) is 29.4. The molecule has 2 aliphatic heterocycles. The zero-order valence-corrected chi connectivity index (χ0v) is 24.6. The molecule has 2 heterocycles. The number of carbonyl (C=O) groups is 1. The summed E-state index contributed by atoms with van der Waals surface area (Å²) in [5.41, 5.74) is 1.55. The number of hydrogen-bond donors (Lipinski definition) is 0. The molecule has 0 aromatic heterocycles. The summed E-state index contributed by atoms with van der Waals surface area (Å²) in [6.45, 7) is 1.04. The highest BCUT2D eigenvalue weighted by atomic mass is 32.2. The Kier molecular flexibility index (Phi) is 10.3. The van der Waals surface area contributed by atoms with E-state index in [1.54, 1.807) is 0 Å². The Morgan fingerprint density at radius 1 is 0.865 bits per heavy atom. The lowest BCUT2D eigenvalue weighted by Crippen LogP contribution is -2.43. The third-order valence-electron chi connectivity index (χ3n) is 9.64. The summed E-state index contributed by atoms with van der Waals surface area (Å²) in [6.07, 6.45) is 22.7. The van der Waals surface area contributed by atoms with Crippen molar-refractivity contribution in [3.05, 3.63) is 30.3 Å². The second-order valence-corrected chi connectivity index (χ2v) is 15.0. The Hall–Kier alpha value is -0.650. The van der Waals surface area contributed by atoms with Crippen LogP contribution in [0, 0.1) is 11.3 Å². The molecule has 206 valence electrons. The van der Waals surface area contributed by atoms with Gasteiger partial charge in [0, 0.05) is 17.5 Å². The van der Waals surface area contributed by atoms with Gasteiger partial charge in [0.2, 0.25) is 0 Å². The smallest absolute Gasteiger partial charge is 0.253 e. The monoisotopic (exact) mass is 543 g/mol. The highest BCUT2D eigenvalue weighted by Crippen LogP contribution is 2.50. The topological polar surface area (TPSA) is 29.5 Å². The fourth-order valence-corrected chi connectivity index (χ4v) is 10.8. The van der Waals surface area contributed by atoms with Crippen molar-refractivity contribution < 1.29 is 9.53 Å². The van der Waals surface area contributed by atoms with Crippen LogP contribution in [0.4, 0.5) is 5.69 Å². The quantitative estimate of drug-likeness (QED) is 0.343. The van der Waals surface area contributed by atoms with Crippen molar-refractivity contribution in [3.63, 3.8) is 0 Å². The second kappa shape index (κ2) is 13.6. The highest BCUT2D eigenvalue weighted by Gasteiger charge is 2.44. The molecule has 2 unspecified atom stereocenters. The van der Waals surface area contributed by atoms with Crippen molar-refractivity contribution in [1.29, 1.82) is 0 Å². The molecule has 0 N–H and O–H groups in total. The van der Waals surface area contributed by atoms with Gasteiger partial charge in [-0.15, -0.1) is 11.8 Å². The van der Waals surface area contributed by atoms with Crippen LogP contribution in [-0.2, 0) is 9.53 Å². The van der Waals surface area contributed by atoms with E-state index in [1.165, 1.54) is 114 Å². The van der Waals surface area contributed by atoms with E-state index in [0.717, 1.165) is 18.7 Å². The second-order valence-electron chi connectivity index (χ2n) is 12.3. The molecule has 2 atom stereocenters. The van der Waals surface area contributed by atoms with Crippen LogP contribution < -0.4 is 4.90 Å². The lowest BCUT2D eigenvalue weighted by molar-refractivity contribution is -0.128. The number of hydrogen-bond acceptors (Lipinski definition) is 4. The molecular formula is C32H49NO2S2. The van der Waals surface area contributed by atoms with Crippen LogP contribution in [0.2, 0.25) is 0 Å². The predicted octanol–water partition coefficient (Wildman–Crippen LogP) is 8.86. The molecular weight excluding hydrogens is 494 g/mol. The number of carbonyl (C=O) groups excluding carboxylic acids is 1. The van der Waals surface area contributed by atoms with Gasteiger partial charge in [-0.1, -0.05) is 82.4 Å². The molecule has 1 aromatic rings. The van der Waals surface area contributed by atoms with E-state index in [2.05, 4.69) is 47.0 Å². The maximum atomic E-state index is 13.9. The van der Waals surface area contributed by atoms with Crippen molar-refractivity contribution in [3.8, 4) is 0 Å². The van der Waals surface area contributed by atoms with Crippen molar-refractivity contribution in [1.82, 2.24) is 0 Å². The number of ether oxygens (including phenoxy) is 1. The van der Waals surface area contributed by atoms with Gasteiger partial charge in [0.15, 0.2) is 0 Å². The number of para-hydroxylation sites is 1. The molecule has 1 spiro atoms. The van der Waals surface area contributed by atoms with E-state index < -0.39 is 0 Å². The average Bonchev–Trinajstić information content (AvgIpc) is 3.52. The molecule has 4 fully saturated rings. The number of thioether (sulfide) groups is 2. The molecule has 3 nitrogen and oxygen atoms in total. The lowest BCUT2D eigenvalue weighted by Gasteiger charge is -2.38. The van der Waals surface area contributed by atoms with Gasteiger partial charge in [0.05, 0.1) is 0 Å². The van der Waals surface area contributed by atoms with Gasteiger partial charge < -0.3 is 9.64 Å². The standard InChI is InChI=1S/C32H49NO2S2/c34-30(25-35-32(21-14-22-37-32)27-15-8-3-1-4-9-16-27)33(28-17-10-7-11-18-28)24-29-23-31(26-36-29)19-12-5-2-6-13-20-31/h7,10-11,17-18,27,29H,1-6,8-9,12-16,19-26H2. The molecule has 1 aromatic carbocycles. The van der Waals surface area contributed by atoms with E-state index in [-0.39, 0.29) is 17.4 Å². The zero-order chi connectivity index (χ0) is 25.4. The maximum Gasteiger partial charge on any atom is 0.253 e. The Balaban J connectivity index is 1.25. The fourth-order valence-electron chi connectivity index (χ4n) is 7.53. The van der Waals surface area contributed by atoms with Crippen LogP contribution in [0.25, 0.3) is 0 Å². The number of amides is 1. The molecule has 5 rings (SSSR count). The number of benzene rings is 1. The van der Waals surface area contributed by atoms with Crippen molar-refractivity contribution in [2.75, 3.05) is 29.6 Å². The minimum atomic E-state index is -0.139. The Labute approximate surface area is 234 Å². The molecule has 0 bridgehead atoms. The average molecular weight is 544 g/mol. The largest absolute Gasteiger partial charge is 0.354 e. The van der Waals surface area contributed by atoms with Gasteiger partial charge in [-0.05, 0) is 79.9 Å². The van der Waals surface area contributed by atoms with Crippen LogP contribution in [0.15, 0.2) is 30.3 Å². The van der Waals surface area contributed by atoms with Crippen LogP contribution >= 0.6 is 23.5 Å². The Morgan fingerprint density at radius 2 is 1.54 bits per heavy atom. The van der Waals surface area contributed by atoms with Gasteiger partial charge in [-0.2, -0.15) is 11.8 Å². The summed E-state index contributed by atoms with van der Waals surface area (Å²) in [6, 6.07) is 10.4. The summed E-state index contributed by atoms with van der Waals surface area (Å²) in [5.74, 6) is 3.21. The van der Waals surface area contributed by atoms with Crippen molar-refractivity contribution in [2.24, 2.45) is 11.3 Å². The van der Waals surface area contributed by atoms with Crippen LogP contribution in [0.1, 0.15) is 109 Å². The van der Waals surface area contributed by atoms with Gasteiger partial charge in [-0.25, -0.2) is 0 Å². The van der Waals surface area contributed by atoms with E-state index in [0.29, 0.717) is 16.6 Å². The fraction of sp³-hybridized carbons (Fsp3) is 0.781. The number of rotatable bonds is 7. The number of nitrogens with zero attached hydrogens (tertiary/aromatic N) is 1. The van der Waals surface area contributed by atoms with Crippen LogP contribution in [-0.4, -0.2) is 40.7 Å². The SMILES string of the molecule is O=C(COC1(C2CCCCCCC2)CCCS1)N(CC1CC2(CCCCCCC2)CS1)c1ccccc1. The van der Waals surface area contributed by atoms with E-state index >= 15 is 0 Å². The molecule has 0 radical (unpaired) electrons. The summed E-state index contributed by atoms with van der Waals surface area (Å²) in [5, 5.41) is 0.531. The minimum absolute atomic E-state index is 0.139. The summed E-state index contributed by atoms with van der Waals surface area (Å²) in [7, 11) is 0. The highest BCUT2D eigenvalue weighted by molar-refractivity contribution is 8.00. The summed E-state index contributed by atoms with van der Waals surface area (Å²) < 4.78 is 6.76. The first-order valence-corrected chi connectivity index (χ1v) is 17.5. The van der Waals surface area contributed by atoms with E-state index in [9.17, 15) is 4.79 Å². The molecule has 37 heavy (non-hydrogen) atoms. The van der Waals surface area contributed by atoms with Gasteiger partial charge in [0.25, 0.3) is 5.91 Å². The minimum Gasteiger partial charge on any atom is -0.354 e. The number of anilines is 1. The molecule has 1 amide bonds. The summed E-state index contributed by atoms with van der Waals surface area (Å²) in [4.78, 5) is 15.8. The third kappa shape index (κ3) is 7.31. The predicted molar refractivity (Wildman–Crippen MR) is 161 cm³/mol. The summed E-state index contributed by atoms with van der Waals surface area (Å²) >= 11 is 4.15. The lowest BCUT2D eigenvalue weighted by atomic mass is 9.75.